The van der Waals surface area contributed by atoms with Crippen molar-refractivity contribution in [1.29, 1.82) is 0 Å². The van der Waals surface area contributed by atoms with Gasteiger partial charge in [-0.3, -0.25) is 4.99 Å². The molecule has 0 aliphatic carbocycles. The third kappa shape index (κ3) is 5.62. The van der Waals surface area contributed by atoms with E-state index in [4.69, 9.17) is 4.99 Å². The minimum atomic E-state index is -0.229. The molecule has 0 spiro atoms. The monoisotopic (exact) mass is 733 g/mol. The molecule has 56 heavy (non-hydrogen) atoms. The lowest BCUT2D eigenvalue weighted by Crippen LogP contribution is -2.24. The summed E-state index contributed by atoms with van der Waals surface area (Å²) in [7, 11) is 0. The summed E-state index contributed by atoms with van der Waals surface area (Å²) in [5.41, 5.74) is 13.7. The predicted molar refractivity (Wildman–Crippen MR) is 238 cm³/mol. The van der Waals surface area contributed by atoms with Gasteiger partial charge in [0, 0.05) is 47.9 Å². The van der Waals surface area contributed by atoms with Crippen molar-refractivity contribution < 1.29 is 0 Å². The van der Waals surface area contributed by atoms with Crippen molar-refractivity contribution >= 4 is 64.7 Å². The molecule has 1 aliphatic heterocycles. The van der Waals surface area contributed by atoms with Crippen molar-refractivity contribution in [3.63, 3.8) is 0 Å². The van der Waals surface area contributed by atoms with Crippen molar-refractivity contribution in [3.8, 4) is 27.9 Å². The Balaban J connectivity index is 1.00. The van der Waals surface area contributed by atoms with Crippen LogP contribution in [0.15, 0.2) is 205 Å². The summed E-state index contributed by atoms with van der Waals surface area (Å²) in [6, 6.07) is 69.9. The maximum atomic E-state index is 5.35. The Morgan fingerprint density at radius 1 is 0.429 bits per heavy atom. The van der Waals surface area contributed by atoms with E-state index in [0.29, 0.717) is 0 Å². The lowest BCUT2D eigenvalue weighted by Gasteiger charge is -2.25. The quantitative estimate of drug-likeness (QED) is 0.181. The van der Waals surface area contributed by atoms with Crippen LogP contribution < -0.4 is 5.32 Å². The summed E-state index contributed by atoms with van der Waals surface area (Å²) < 4.78 is 5.04. The molecular weight excluding hydrogens is 699 g/mol. The third-order valence-corrected chi connectivity index (χ3v) is 12.2. The highest BCUT2D eigenvalue weighted by Gasteiger charge is 2.21. The average molecular weight is 734 g/mol. The molecule has 0 saturated carbocycles. The molecule has 1 unspecified atom stereocenters. The van der Waals surface area contributed by atoms with Gasteiger partial charge >= 0.3 is 0 Å². The first-order valence-electron chi connectivity index (χ1n) is 19.1. The molecule has 3 heterocycles. The molecule has 8 aromatic carbocycles. The minimum absolute atomic E-state index is 0.229. The first-order valence-corrected chi connectivity index (χ1v) is 19.9. The molecular formula is C52H35N3S. The molecule has 0 amide bonds. The van der Waals surface area contributed by atoms with Crippen LogP contribution in [0.5, 0.6) is 0 Å². The van der Waals surface area contributed by atoms with Gasteiger partial charge < -0.3 is 9.88 Å². The highest BCUT2D eigenvalue weighted by molar-refractivity contribution is 7.25. The van der Waals surface area contributed by atoms with Crippen LogP contribution in [-0.2, 0) is 0 Å². The highest BCUT2D eigenvalue weighted by atomic mass is 32.1. The fraction of sp³-hybridized carbons (Fsp3) is 0.0192. The normalized spacial score (nSPS) is 14.2. The number of hydrogen-bond donors (Lipinski definition) is 1. The molecule has 4 heteroatoms. The van der Waals surface area contributed by atoms with Crippen LogP contribution in [-0.4, -0.2) is 10.3 Å². The van der Waals surface area contributed by atoms with Gasteiger partial charge in [0.2, 0.25) is 0 Å². The topological polar surface area (TPSA) is 29.3 Å². The van der Waals surface area contributed by atoms with Crippen molar-refractivity contribution in [1.82, 2.24) is 9.88 Å². The zero-order valence-corrected chi connectivity index (χ0v) is 31.2. The second kappa shape index (κ2) is 13.4. The Morgan fingerprint density at radius 2 is 1.00 bits per heavy atom. The molecule has 1 atom stereocenters. The van der Waals surface area contributed by atoms with E-state index in [2.05, 4.69) is 210 Å². The Morgan fingerprint density at radius 3 is 1.75 bits per heavy atom. The smallest absolute Gasteiger partial charge is 0.145 e. The van der Waals surface area contributed by atoms with Crippen LogP contribution in [0.2, 0.25) is 0 Å². The number of thiophene rings is 1. The molecule has 10 aromatic rings. The van der Waals surface area contributed by atoms with Crippen LogP contribution in [0.4, 0.5) is 0 Å². The molecule has 3 nitrogen and oxygen atoms in total. The van der Waals surface area contributed by atoms with Gasteiger partial charge in [0.15, 0.2) is 0 Å². The van der Waals surface area contributed by atoms with Crippen molar-refractivity contribution in [2.75, 3.05) is 0 Å². The minimum Gasteiger partial charge on any atom is -0.360 e. The molecule has 1 N–H and O–H groups in total. The van der Waals surface area contributed by atoms with E-state index in [1.807, 2.05) is 11.3 Å². The van der Waals surface area contributed by atoms with Crippen LogP contribution in [0, 0.1) is 0 Å². The van der Waals surface area contributed by atoms with E-state index in [0.717, 1.165) is 39.3 Å². The van der Waals surface area contributed by atoms with Gasteiger partial charge in [-0.2, -0.15) is 0 Å². The Bertz CT molecular complexity index is 3130. The lowest BCUT2D eigenvalue weighted by molar-refractivity contribution is 0.664. The van der Waals surface area contributed by atoms with Gasteiger partial charge in [-0.25, -0.2) is 0 Å². The lowest BCUT2D eigenvalue weighted by atomic mass is 9.97. The summed E-state index contributed by atoms with van der Waals surface area (Å²) >= 11 is 1.85. The largest absolute Gasteiger partial charge is 0.360 e. The van der Waals surface area contributed by atoms with Crippen LogP contribution >= 0.6 is 11.3 Å². The number of hydrogen-bond acceptors (Lipinski definition) is 3. The first kappa shape index (κ1) is 32.4. The maximum absolute atomic E-state index is 5.35. The zero-order chi connectivity index (χ0) is 37.0. The van der Waals surface area contributed by atoms with Gasteiger partial charge in [0.1, 0.15) is 6.17 Å². The Kier molecular flexibility index (Phi) is 7.75. The average Bonchev–Trinajstić information content (AvgIpc) is 3.82. The summed E-state index contributed by atoms with van der Waals surface area (Å²) in [4.78, 5) is 5.35. The number of aliphatic imine (C=N–C) groups is 1. The van der Waals surface area contributed by atoms with Crippen molar-refractivity contribution in [3.05, 3.63) is 217 Å². The van der Waals surface area contributed by atoms with Gasteiger partial charge in [0.05, 0.1) is 16.7 Å². The summed E-state index contributed by atoms with van der Waals surface area (Å²) in [6.07, 6.45) is 1.98. The molecule has 0 bridgehead atoms. The van der Waals surface area contributed by atoms with Gasteiger partial charge in [0.25, 0.3) is 0 Å². The molecule has 0 saturated heterocycles. The number of fused-ring (bicyclic) bond motifs is 6. The number of allylic oxidation sites excluding steroid dienone is 1. The number of nitrogens with zero attached hydrogens (tertiary/aromatic N) is 2. The van der Waals surface area contributed by atoms with Crippen molar-refractivity contribution in [2.24, 2.45) is 4.99 Å². The standard InChI is InChI=1S/C52H35N3S/c1-3-11-34(12-4-1)35-19-21-36(22-20-35)37-23-25-38(26-24-37)46-33-47(54-52(53-46)39-13-5-2-6-14-39)40-27-29-43-42-15-7-9-17-48(42)55(49(43)31-40)41-28-30-51-45(32-41)44-16-8-10-18-50(44)56-51/h1-33,52-53H. The van der Waals surface area contributed by atoms with Gasteiger partial charge in [-0.15, -0.1) is 11.3 Å². The number of rotatable bonds is 6. The zero-order valence-electron chi connectivity index (χ0n) is 30.4. The van der Waals surface area contributed by atoms with Gasteiger partial charge in [-0.1, -0.05) is 158 Å². The second-order valence-corrected chi connectivity index (χ2v) is 15.5. The molecule has 11 rings (SSSR count). The van der Waals surface area contributed by atoms with E-state index >= 15 is 0 Å². The Hall–Kier alpha value is -7.01. The van der Waals surface area contributed by atoms with E-state index in [1.54, 1.807) is 0 Å². The predicted octanol–water partition coefficient (Wildman–Crippen LogP) is 13.6. The fourth-order valence-corrected chi connectivity index (χ4v) is 9.33. The second-order valence-electron chi connectivity index (χ2n) is 14.4. The first-order chi connectivity index (χ1) is 27.7. The number of para-hydroxylation sites is 1. The number of aromatic nitrogens is 1. The SMILES string of the molecule is C1=C(c2ccc(-c3ccc(-c4ccccc4)cc3)cc2)NC(c2ccccc2)N=C1c1ccc2c3ccccc3n(-c3ccc4sc5ccccc5c4c3)c2c1. The summed E-state index contributed by atoms with van der Waals surface area (Å²) in [6.45, 7) is 0. The van der Waals surface area contributed by atoms with E-state index < -0.39 is 0 Å². The summed E-state index contributed by atoms with van der Waals surface area (Å²) in [5.74, 6) is 0. The molecule has 0 radical (unpaired) electrons. The number of nitrogens with one attached hydrogen (secondary N) is 1. The van der Waals surface area contributed by atoms with E-state index in [-0.39, 0.29) is 6.17 Å². The molecule has 2 aromatic heterocycles. The molecule has 264 valence electrons. The van der Waals surface area contributed by atoms with Crippen LogP contribution in [0.25, 0.3) is 75.6 Å². The fourth-order valence-electron chi connectivity index (χ4n) is 8.24. The van der Waals surface area contributed by atoms with E-state index in [9.17, 15) is 0 Å². The van der Waals surface area contributed by atoms with Crippen molar-refractivity contribution in [2.45, 2.75) is 6.17 Å². The third-order valence-electron chi connectivity index (χ3n) is 11.1. The summed E-state index contributed by atoms with van der Waals surface area (Å²) in [5, 5.41) is 8.83. The Labute approximate surface area is 329 Å². The molecule has 1 aliphatic rings. The number of benzene rings is 8. The van der Waals surface area contributed by atoms with E-state index in [1.165, 1.54) is 58.7 Å². The van der Waals surface area contributed by atoms with Crippen LogP contribution in [0.3, 0.4) is 0 Å². The maximum Gasteiger partial charge on any atom is 0.145 e. The molecule has 0 fully saturated rings. The van der Waals surface area contributed by atoms with Gasteiger partial charge in [-0.05, 0) is 75.9 Å². The van der Waals surface area contributed by atoms with Crippen LogP contribution in [0.1, 0.15) is 22.9 Å². The highest BCUT2D eigenvalue weighted by Crippen LogP contribution is 2.38.